The molecule has 1 aliphatic rings. The van der Waals surface area contributed by atoms with Gasteiger partial charge in [0.05, 0.1) is 16.5 Å². The fraction of sp³-hybridized carbons (Fsp3) is 0.588. The average Bonchev–Trinajstić information content (AvgIpc) is 2.76. The highest BCUT2D eigenvalue weighted by Gasteiger charge is 2.10. The summed E-state index contributed by atoms with van der Waals surface area (Å²) in [6.45, 7) is 5.50. The van der Waals surface area contributed by atoms with E-state index < -0.39 is 0 Å². The van der Waals surface area contributed by atoms with Crippen LogP contribution < -0.4 is 5.32 Å². The Morgan fingerprint density at radius 1 is 1.27 bits per heavy atom. The molecule has 1 fully saturated rings. The standard InChI is InChI=1S/C17H25ClN2OS/c1-14-6-7-15(18)16(12-14)19-17(21)13-22-11-10-20-8-4-2-3-5-9-20/h6-7,12H,2-5,8-11,13H2,1H3,(H,19,21). The summed E-state index contributed by atoms with van der Waals surface area (Å²) >= 11 is 7.78. The molecule has 0 spiro atoms. The Hall–Kier alpha value is -0.710. The van der Waals surface area contributed by atoms with E-state index in [0.29, 0.717) is 16.5 Å². The summed E-state index contributed by atoms with van der Waals surface area (Å²) in [7, 11) is 0. The molecule has 0 saturated carbocycles. The first-order chi connectivity index (χ1) is 10.6. The van der Waals surface area contributed by atoms with Crippen molar-refractivity contribution in [2.75, 3.05) is 36.5 Å². The number of thioether (sulfide) groups is 1. The van der Waals surface area contributed by atoms with Crippen molar-refractivity contribution in [2.24, 2.45) is 0 Å². The molecule has 1 saturated heterocycles. The van der Waals surface area contributed by atoms with Gasteiger partial charge in [0.15, 0.2) is 0 Å². The molecule has 5 heteroatoms. The molecule has 22 heavy (non-hydrogen) atoms. The molecule has 122 valence electrons. The first-order valence-corrected chi connectivity index (χ1v) is 9.54. The van der Waals surface area contributed by atoms with Gasteiger partial charge in [-0.1, -0.05) is 30.5 Å². The normalized spacial score (nSPS) is 16.3. The number of anilines is 1. The molecule has 3 nitrogen and oxygen atoms in total. The Morgan fingerprint density at radius 3 is 2.73 bits per heavy atom. The fourth-order valence-electron chi connectivity index (χ4n) is 2.64. The molecule has 0 bridgehead atoms. The largest absolute Gasteiger partial charge is 0.324 e. The van der Waals surface area contributed by atoms with Crippen LogP contribution in [0.3, 0.4) is 0 Å². The van der Waals surface area contributed by atoms with Gasteiger partial charge in [-0.3, -0.25) is 4.79 Å². The van der Waals surface area contributed by atoms with Gasteiger partial charge in [-0.15, -0.1) is 0 Å². The maximum Gasteiger partial charge on any atom is 0.234 e. The number of rotatable bonds is 6. The maximum absolute atomic E-state index is 12.0. The fourth-order valence-corrected chi connectivity index (χ4v) is 3.59. The van der Waals surface area contributed by atoms with Crippen LogP contribution in [0.5, 0.6) is 0 Å². The smallest absolute Gasteiger partial charge is 0.234 e. The van der Waals surface area contributed by atoms with Crippen LogP contribution in [-0.4, -0.2) is 41.9 Å². The lowest BCUT2D eigenvalue weighted by molar-refractivity contribution is -0.113. The first-order valence-electron chi connectivity index (χ1n) is 8.01. The lowest BCUT2D eigenvalue weighted by Crippen LogP contribution is -2.27. The Bertz CT molecular complexity index is 488. The molecular formula is C17H25ClN2OS. The van der Waals surface area contributed by atoms with Crippen molar-refractivity contribution in [3.05, 3.63) is 28.8 Å². The molecule has 1 aromatic rings. The molecule has 0 unspecified atom stereocenters. The molecule has 0 aliphatic carbocycles. The zero-order valence-corrected chi connectivity index (χ0v) is 14.8. The highest BCUT2D eigenvalue weighted by atomic mass is 35.5. The van der Waals surface area contributed by atoms with Gasteiger partial charge in [-0.25, -0.2) is 0 Å². The summed E-state index contributed by atoms with van der Waals surface area (Å²) in [6, 6.07) is 5.66. The highest BCUT2D eigenvalue weighted by molar-refractivity contribution is 7.99. The molecule has 0 radical (unpaired) electrons. The van der Waals surface area contributed by atoms with Gasteiger partial charge in [0.25, 0.3) is 0 Å². The van der Waals surface area contributed by atoms with Crippen molar-refractivity contribution in [1.82, 2.24) is 4.90 Å². The summed E-state index contributed by atoms with van der Waals surface area (Å²) in [5.74, 6) is 1.51. The van der Waals surface area contributed by atoms with Crippen molar-refractivity contribution in [2.45, 2.75) is 32.6 Å². The third-order valence-electron chi connectivity index (χ3n) is 3.88. The van der Waals surface area contributed by atoms with Gasteiger partial charge in [-0.05, 0) is 50.6 Å². The number of hydrogen-bond acceptors (Lipinski definition) is 3. The summed E-state index contributed by atoms with van der Waals surface area (Å²) in [6.07, 6.45) is 5.36. The van der Waals surface area contributed by atoms with Crippen LogP contribution in [0.15, 0.2) is 18.2 Å². The van der Waals surface area contributed by atoms with Crippen molar-refractivity contribution >= 4 is 35.0 Å². The van der Waals surface area contributed by atoms with Crippen LogP contribution in [-0.2, 0) is 4.79 Å². The SMILES string of the molecule is Cc1ccc(Cl)c(NC(=O)CSCCN2CCCCCC2)c1. The zero-order chi connectivity index (χ0) is 15.8. The van der Waals surface area contributed by atoms with Gasteiger partial charge in [-0.2, -0.15) is 11.8 Å². The van der Waals surface area contributed by atoms with Crippen LogP contribution in [0.1, 0.15) is 31.2 Å². The van der Waals surface area contributed by atoms with E-state index in [-0.39, 0.29) is 5.91 Å². The summed E-state index contributed by atoms with van der Waals surface area (Å²) in [5.41, 5.74) is 1.80. The van der Waals surface area contributed by atoms with Crippen LogP contribution in [0.2, 0.25) is 5.02 Å². The van der Waals surface area contributed by atoms with E-state index in [4.69, 9.17) is 11.6 Å². The van der Waals surface area contributed by atoms with Gasteiger partial charge in [0.1, 0.15) is 0 Å². The number of likely N-dealkylation sites (tertiary alicyclic amines) is 1. The average molecular weight is 341 g/mol. The van der Waals surface area contributed by atoms with Gasteiger partial charge < -0.3 is 10.2 Å². The Morgan fingerprint density at radius 2 is 2.00 bits per heavy atom. The zero-order valence-electron chi connectivity index (χ0n) is 13.2. The van der Waals surface area contributed by atoms with E-state index in [9.17, 15) is 4.79 Å². The number of nitrogens with one attached hydrogen (secondary N) is 1. The monoisotopic (exact) mass is 340 g/mol. The second-order valence-corrected chi connectivity index (χ2v) is 7.35. The van der Waals surface area contributed by atoms with Crippen molar-refractivity contribution < 1.29 is 4.79 Å². The second-order valence-electron chi connectivity index (χ2n) is 5.84. The molecule has 1 aromatic carbocycles. The number of carbonyl (C=O) groups is 1. The highest BCUT2D eigenvalue weighted by Crippen LogP contribution is 2.22. The third kappa shape index (κ3) is 6.19. The molecule has 0 atom stereocenters. The number of nitrogens with zero attached hydrogens (tertiary/aromatic N) is 1. The Labute approximate surface area is 142 Å². The molecule has 2 rings (SSSR count). The summed E-state index contributed by atoms with van der Waals surface area (Å²) < 4.78 is 0. The van der Waals surface area contributed by atoms with E-state index in [1.165, 1.54) is 38.8 Å². The lowest BCUT2D eigenvalue weighted by atomic mass is 10.2. The van der Waals surface area contributed by atoms with Crippen LogP contribution >= 0.6 is 23.4 Å². The van der Waals surface area contributed by atoms with Crippen LogP contribution in [0, 0.1) is 6.92 Å². The minimum Gasteiger partial charge on any atom is -0.324 e. The lowest BCUT2D eigenvalue weighted by Gasteiger charge is -2.19. The molecule has 1 amide bonds. The Kier molecular flexibility index (Phi) is 7.56. The first kappa shape index (κ1) is 17.6. The predicted octanol–water partition coefficient (Wildman–Crippen LogP) is 4.20. The third-order valence-corrected chi connectivity index (χ3v) is 5.15. The predicted molar refractivity (Wildman–Crippen MR) is 97.1 cm³/mol. The van der Waals surface area contributed by atoms with E-state index in [0.717, 1.165) is 17.9 Å². The topological polar surface area (TPSA) is 32.3 Å². The van der Waals surface area contributed by atoms with Crippen LogP contribution in [0.25, 0.3) is 0 Å². The molecule has 1 N–H and O–H groups in total. The van der Waals surface area contributed by atoms with Gasteiger partial charge >= 0.3 is 0 Å². The van der Waals surface area contributed by atoms with E-state index in [1.807, 2.05) is 25.1 Å². The summed E-state index contributed by atoms with van der Waals surface area (Å²) in [4.78, 5) is 14.5. The van der Waals surface area contributed by atoms with Crippen molar-refractivity contribution in [3.63, 3.8) is 0 Å². The quantitative estimate of drug-likeness (QED) is 0.788. The second kappa shape index (κ2) is 9.43. The maximum atomic E-state index is 12.0. The van der Waals surface area contributed by atoms with Crippen molar-refractivity contribution in [1.29, 1.82) is 0 Å². The number of amides is 1. The minimum atomic E-state index is 0.0216. The number of benzene rings is 1. The number of hydrogen-bond donors (Lipinski definition) is 1. The molecular weight excluding hydrogens is 316 g/mol. The van der Waals surface area contributed by atoms with E-state index in [2.05, 4.69) is 10.2 Å². The minimum absolute atomic E-state index is 0.0216. The number of halogens is 1. The summed E-state index contributed by atoms with van der Waals surface area (Å²) in [5, 5.41) is 3.49. The Balaban J connectivity index is 1.66. The number of carbonyl (C=O) groups excluding carboxylic acids is 1. The van der Waals surface area contributed by atoms with Gasteiger partial charge in [0, 0.05) is 12.3 Å². The van der Waals surface area contributed by atoms with Crippen LogP contribution in [0.4, 0.5) is 5.69 Å². The van der Waals surface area contributed by atoms with E-state index >= 15 is 0 Å². The molecule has 0 aromatic heterocycles. The van der Waals surface area contributed by atoms with E-state index in [1.54, 1.807) is 11.8 Å². The van der Waals surface area contributed by atoms with Crippen molar-refractivity contribution in [3.8, 4) is 0 Å². The molecule has 1 aliphatic heterocycles. The number of aryl methyl sites for hydroxylation is 1. The molecule has 1 heterocycles. The van der Waals surface area contributed by atoms with Gasteiger partial charge in [0.2, 0.25) is 5.91 Å².